The summed E-state index contributed by atoms with van der Waals surface area (Å²) in [6.45, 7) is 5.44. The molecule has 1 aliphatic heterocycles. The van der Waals surface area contributed by atoms with Gasteiger partial charge in [-0.15, -0.1) is 0 Å². The van der Waals surface area contributed by atoms with Gasteiger partial charge in [-0.05, 0) is 47.3 Å². The molecule has 0 unspecified atom stereocenters. The first-order chi connectivity index (χ1) is 9.70. The van der Waals surface area contributed by atoms with Crippen molar-refractivity contribution in [2.24, 2.45) is 0 Å². The first-order valence-corrected chi connectivity index (χ1v) is 8.72. The molecule has 3 nitrogen and oxygen atoms in total. The Kier molecular flexibility index (Phi) is 6.81. The lowest BCUT2D eigenvalue weighted by atomic mass is 10.2. The van der Waals surface area contributed by atoms with E-state index >= 15 is 0 Å². The average Bonchev–Trinajstić information content (AvgIpc) is 2.91. The number of hydrogen-bond acceptors (Lipinski definition) is 3. The fraction of sp³-hybridized carbons (Fsp3) is 0.600. The van der Waals surface area contributed by atoms with Crippen molar-refractivity contribution in [2.75, 3.05) is 19.8 Å². The summed E-state index contributed by atoms with van der Waals surface area (Å²) in [5.74, 6) is 0.940. The minimum atomic E-state index is 0.366. The Hall–Kier alpha value is -0.100. The third kappa shape index (κ3) is 4.72. The monoisotopic (exact) mass is 405 g/mol. The number of benzene rings is 1. The standard InChI is InChI=1S/C15H21Br2NO2/c1-2-5-20-15-11(7-12(16)8-14(15)17)9-18-10-13-4-3-6-19-13/h7-8,13,18H,2-6,9-10H2,1H3/t13-/m1/s1. The Morgan fingerprint density at radius 3 is 2.95 bits per heavy atom. The molecule has 0 radical (unpaired) electrons. The normalized spacial score (nSPS) is 18.4. The first kappa shape index (κ1) is 16.3. The molecular weight excluding hydrogens is 386 g/mol. The maximum Gasteiger partial charge on any atom is 0.138 e. The summed E-state index contributed by atoms with van der Waals surface area (Å²) >= 11 is 7.11. The molecule has 1 aromatic rings. The molecule has 5 heteroatoms. The first-order valence-electron chi connectivity index (χ1n) is 7.13. The van der Waals surface area contributed by atoms with E-state index in [1.165, 1.54) is 6.42 Å². The summed E-state index contributed by atoms with van der Waals surface area (Å²) in [5, 5.41) is 3.47. The van der Waals surface area contributed by atoms with Gasteiger partial charge in [-0.2, -0.15) is 0 Å². The highest BCUT2D eigenvalue weighted by Gasteiger charge is 2.15. The molecule has 0 aliphatic carbocycles. The zero-order chi connectivity index (χ0) is 14.4. The fourth-order valence-corrected chi connectivity index (χ4v) is 3.71. The van der Waals surface area contributed by atoms with Crippen molar-refractivity contribution in [3.8, 4) is 5.75 Å². The third-order valence-electron chi connectivity index (χ3n) is 3.25. The van der Waals surface area contributed by atoms with E-state index in [-0.39, 0.29) is 0 Å². The molecule has 20 heavy (non-hydrogen) atoms. The van der Waals surface area contributed by atoms with Crippen molar-refractivity contribution in [1.29, 1.82) is 0 Å². The highest BCUT2D eigenvalue weighted by molar-refractivity contribution is 9.11. The van der Waals surface area contributed by atoms with Crippen LogP contribution in [0, 0.1) is 0 Å². The fourth-order valence-electron chi connectivity index (χ4n) is 2.28. The van der Waals surface area contributed by atoms with Crippen molar-refractivity contribution < 1.29 is 9.47 Å². The van der Waals surface area contributed by atoms with Crippen molar-refractivity contribution in [3.63, 3.8) is 0 Å². The maximum absolute atomic E-state index is 5.86. The maximum atomic E-state index is 5.86. The zero-order valence-electron chi connectivity index (χ0n) is 11.8. The predicted octanol–water partition coefficient (Wildman–Crippen LogP) is 4.27. The molecular formula is C15H21Br2NO2. The van der Waals surface area contributed by atoms with Crippen LogP contribution in [0.4, 0.5) is 0 Å². The van der Waals surface area contributed by atoms with Gasteiger partial charge in [0.2, 0.25) is 0 Å². The zero-order valence-corrected chi connectivity index (χ0v) is 14.9. The number of ether oxygens (including phenoxy) is 2. The van der Waals surface area contributed by atoms with Crippen LogP contribution < -0.4 is 10.1 Å². The summed E-state index contributed by atoms with van der Waals surface area (Å²) in [5.41, 5.74) is 1.16. The third-order valence-corrected chi connectivity index (χ3v) is 4.29. The molecule has 0 spiro atoms. The minimum Gasteiger partial charge on any atom is -0.492 e. The lowest BCUT2D eigenvalue weighted by molar-refractivity contribution is 0.110. The molecule has 0 bridgehead atoms. The number of halogens is 2. The second-order valence-corrected chi connectivity index (χ2v) is 6.76. The van der Waals surface area contributed by atoms with Crippen molar-refractivity contribution in [3.05, 3.63) is 26.6 Å². The molecule has 1 atom stereocenters. The quantitative estimate of drug-likeness (QED) is 0.733. The topological polar surface area (TPSA) is 30.5 Å². The van der Waals surface area contributed by atoms with Crippen molar-refractivity contribution >= 4 is 31.9 Å². The van der Waals surface area contributed by atoms with E-state index in [9.17, 15) is 0 Å². The summed E-state index contributed by atoms with van der Waals surface area (Å²) < 4.78 is 13.5. The molecule has 1 aromatic carbocycles. The minimum absolute atomic E-state index is 0.366. The van der Waals surface area contributed by atoms with Crippen LogP contribution in [-0.2, 0) is 11.3 Å². The molecule has 1 fully saturated rings. The smallest absolute Gasteiger partial charge is 0.138 e. The van der Waals surface area contributed by atoms with E-state index in [0.29, 0.717) is 6.10 Å². The molecule has 0 aromatic heterocycles. The van der Waals surface area contributed by atoms with Crippen LogP contribution in [0.1, 0.15) is 31.7 Å². The molecule has 0 amide bonds. The second kappa shape index (κ2) is 8.37. The van der Waals surface area contributed by atoms with E-state index in [1.807, 2.05) is 6.07 Å². The number of rotatable bonds is 7. The van der Waals surface area contributed by atoms with Gasteiger partial charge < -0.3 is 14.8 Å². The molecule has 1 N–H and O–H groups in total. The summed E-state index contributed by atoms with van der Waals surface area (Å²) in [6, 6.07) is 4.13. The molecule has 1 aliphatic rings. The second-order valence-electron chi connectivity index (χ2n) is 4.99. The lowest BCUT2D eigenvalue weighted by Crippen LogP contribution is -2.26. The van der Waals surface area contributed by atoms with Gasteiger partial charge in [0, 0.05) is 29.7 Å². The number of hydrogen-bond donors (Lipinski definition) is 1. The summed E-state index contributed by atoms with van der Waals surface area (Å²) in [6.07, 6.45) is 3.71. The van der Waals surface area contributed by atoms with Gasteiger partial charge in [-0.3, -0.25) is 0 Å². The molecule has 112 valence electrons. The Morgan fingerprint density at radius 2 is 2.25 bits per heavy atom. The lowest BCUT2D eigenvalue weighted by Gasteiger charge is -2.16. The molecule has 1 heterocycles. The van der Waals surface area contributed by atoms with Gasteiger partial charge in [-0.25, -0.2) is 0 Å². The van der Waals surface area contributed by atoms with Crippen LogP contribution in [0.2, 0.25) is 0 Å². The predicted molar refractivity (Wildman–Crippen MR) is 88.3 cm³/mol. The average molecular weight is 407 g/mol. The van der Waals surface area contributed by atoms with Gasteiger partial charge in [-0.1, -0.05) is 22.9 Å². The van der Waals surface area contributed by atoms with E-state index < -0.39 is 0 Å². The molecule has 2 rings (SSSR count). The van der Waals surface area contributed by atoms with Crippen LogP contribution in [0.25, 0.3) is 0 Å². The SMILES string of the molecule is CCCOc1c(Br)cc(Br)cc1CNC[C@H]1CCCO1. The van der Waals surface area contributed by atoms with Crippen LogP contribution in [0.5, 0.6) is 5.75 Å². The highest BCUT2D eigenvalue weighted by Crippen LogP contribution is 2.33. The van der Waals surface area contributed by atoms with Gasteiger partial charge in [0.15, 0.2) is 0 Å². The molecule has 0 saturated carbocycles. The van der Waals surface area contributed by atoms with E-state index in [2.05, 4.69) is 50.2 Å². The van der Waals surface area contributed by atoms with Crippen LogP contribution >= 0.6 is 31.9 Å². The van der Waals surface area contributed by atoms with Crippen molar-refractivity contribution in [1.82, 2.24) is 5.32 Å². The van der Waals surface area contributed by atoms with Gasteiger partial charge >= 0.3 is 0 Å². The number of nitrogens with one attached hydrogen (secondary N) is 1. The summed E-state index contributed by atoms with van der Waals surface area (Å²) in [7, 11) is 0. The van der Waals surface area contributed by atoms with Gasteiger partial charge in [0.1, 0.15) is 5.75 Å². The van der Waals surface area contributed by atoms with Crippen molar-refractivity contribution in [2.45, 2.75) is 38.8 Å². The summed E-state index contributed by atoms with van der Waals surface area (Å²) in [4.78, 5) is 0. The Bertz CT molecular complexity index is 434. The van der Waals surface area contributed by atoms with E-state index in [1.54, 1.807) is 0 Å². The van der Waals surface area contributed by atoms with Crippen LogP contribution in [0.15, 0.2) is 21.1 Å². The van der Waals surface area contributed by atoms with E-state index in [0.717, 1.165) is 59.4 Å². The molecule has 1 saturated heterocycles. The van der Waals surface area contributed by atoms with Gasteiger partial charge in [0.25, 0.3) is 0 Å². The van der Waals surface area contributed by atoms with E-state index in [4.69, 9.17) is 9.47 Å². The highest BCUT2D eigenvalue weighted by atomic mass is 79.9. The Morgan fingerprint density at radius 1 is 1.40 bits per heavy atom. The van der Waals surface area contributed by atoms with Gasteiger partial charge in [0.05, 0.1) is 17.2 Å². The largest absolute Gasteiger partial charge is 0.492 e. The Balaban J connectivity index is 1.96. The van der Waals surface area contributed by atoms with Crippen LogP contribution in [-0.4, -0.2) is 25.9 Å². The van der Waals surface area contributed by atoms with Crippen LogP contribution in [0.3, 0.4) is 0 Å². The Labute approximate surface area is 137 Å².